The molecule has 0 aromatic heterocycles. The predicted octanol–water partition coefficient (Wildman–Crippen LogP) is -0.0124. The number of aliphatic carboxylic acids is 1. The summed E-state index contributed by atoms with van der Waals surface area (Å²) in [5, 5.41) is 10.6. The molecule has 1 atom stereocenters. The molecule has 0 fully saturated rings. The fraction of sp³-hybridized carbons (Fsp3) is 0.300. The van der Waals surface area contributed by atoms with Crippen molar-refractivity contribution in [2.45, 2.75) is 6.42 Å². The van der Waals surface area contributed by atoms with Crippen LogP contribution in [0.4, 0.5) is 0 Å². The van der Waals surface area contributed by atoms with Gasteiger partial charge in [-0.3, -0.25) is 0 Å². The number of ether oxygens (including phenoxy) is 1. The second kappa shape index (κ2) is 3.09. The number of hydrogen-bond acceptors (Lipinski definition) is 3. The van der Waals surface area contributed by atoms with Gasteiger partial charge in [0.05, 0.1) is 6.61 Å². The molecule has 0 N–H and O–H groups in total. The number of hydrogen-bond donors (Lipinski definition) is 0. The highest BCUT2D eigenvalue weighted by Crippen LogP contribution is 2.26. The second-order valence-electron chi connectivity index (χ2n) is 3.14. The number of rotatable bonds is 1. The van der Waals surface area contributed by atoms with E-state index in [1.165, 1.54) is 0 Å². The molecule has 0 aliphatic carbocycles. The zero-order valence-electron chi connectivity index (χ0n) is 7.03. The first-order chi connectivity index (χ1) is 6.27. The molecule has 0 amide bonds. The Bertz CT molecular complexity index is 333. The van der Waals surface area contributed by atoms with Crippen LogP contribution >= 0.6 is 0 Å². The van der Waals surface area contributed by atoms with Gasteiger partial charge in [0, 0.05) is 11.9 Å². The summed E-state index contributed by atoms with van der Waals surface area (Å²) < 4.78 is 5.28. The predicted molar refractivity (Wildman–Crippen MR) is 44.1 cm³/mol. The topological polar surface area (TPSA) is 49.4 Å². The van der Waals surface area contributed by atoms with Gasteiger partial charge in [-0.05, 0) is 18.1 Å². The van der Waals surface area contributed by atoms with Crippen LogP contribution in [-0.4, -0.2) is 12.6 Å². The first-order valence-electron chi connectivity index (χ1n) is 4.19. The van der Waals surface area contributed by atoms with Crippen molar-refractivity contribution in [2.75, 3.05) is 6.61 Å². The lowest BCUT2D eigenvalue weighted by atomic mass is 9.97. The third kappa shape index (κ3) is 1.49. The number of fused-ring (bicyclic) bond motifs is 1. The molecule has 0 saturated heterocycles. The zero-order chi connectivity index (χ0) is 9.26. The Kier molecular flexibility index (Phi) is 1.93. The lowest BCUT2D eigenvalue weighted by molar-refractivity contribution is -0.312. The smallest absolute Gasteiger partial charge is 0.122 e. The van der Waals surface area contributed by atoms with Crippen LogP contribution in [0.3, 0.4) is 0 Å². The van der Waals surface area contributed by atoms with E-state index in [1.54, 1.807) is 0 Å². The highest BCUT2D eigenvalue weighted by atomic mass is 16.5. The fourth-order valence-electron chi connectivity index (χ4n) is 1.48. The summed E-state index contributed by atoms with van der Waals surface area (Å²) in [6.07, 6.45) is 0.512. The van der Waals surface area contributed by atoms with Gasteiger partial charge in [-0.2, -0.15) is 0 Å². The summed E-state index contributed by atoms with van der Waals surface area (Å²) in [5.74, 6) is -0.746. The minimum absolute atomic E-state index is 0.222. The second-order valence-corrected chi connectivity index (χ2v) is 3.14. The number of carboxylic acid groups (broad SMARTS) is 1. The van der Waals surface area contributed by atoms with E-state index in [2.05, 4.69) is 0 Å². The first kappa shape index (κ1) is 8.10. The molecule has 3 nitrogen and oxygen atoms in total. The Morgan fingerprint density at radius 3 is 3.00 bits per heavy atom. The third-order valence-corrected chi connectivity index (χ3v) is 2.21. The average Bonchev–Trinajstić information content (AvgIpc) is 2.17. The normalized spacial score (nSPS) is 20.2. The lowest BCUT2D eigenvalue weighted by Gasteiger charge is -2.25. The molecular weight excluding hydrogens is 168 g/mol. The molecule has 0 bridgehead atoms. The highest BCUT2D eigenvalue weighted by Gasteiger charge is 2.19. The van der Waals surface area contributed by atoms with E-state index in [9.17, 15) is 9.90 Å². The third-order valence-electron chi connectivity index (χ3n) is 2.21. The van der Waals surface area contributed by atoms with E-state index >= 15 is 0 Å². The Morgan fingerprint density at radius 2 is 2.23 bits per heavy atom. The van der Waals surface area contributed by atoms with E-state index in [4.69, 9.17) is 4.74 Å². The number of carbonyl (C=O) groups is 1. The van der Waals surface area contributed by atoms with Gasteiger partial charge in [-0.15, -0.1) is 0 Å². The van der Waals surface area contributed by atoms with Crippen molar-refractivity contribution in [1.29, 1.82) is 0 Å². The Balaban J connectivity index is 2.24. The molecule has 13 heavy (non-hydrogen) atoms. The molecule has 1 aliphatic heterocycles. The lowest BCUT2D eigenvalue weighted by Crippen LogP contribution is -2.38. The monoisotopic (exact) mass is 177 g/mol. The standard InChI is InChI=1S/C10H10O3/c11-10(12)8-5-7-3-1-2-4-9(7)13-6-8/h1-4,8H,5-6H2,(H,11,12)/p-1/t8-/m1/s1. The van der Waals surface area contributed by atoms with E-state index < -0.39 is 11.9 Å². The number of carboxylic acids is 1. The maximum absolute atomic E-state index is 10.6. The van der Waals surface area contributed by atoms with Gasteiger partial charge in [-0.1, -0.05) is 18.2 Å². The van der Waals surface area contributed by atoms with Gasteiger partial charge >= 0.3 is 0 Å². The minimum Gasteiger partial charge on any atom is -0.550 e. The largest absolute Gasteiger partial charge is 0.550 e. The van der Waals surface area contributed by atoms with Crippen LogP contribution in [0.5, 0.6) is 5.75 Å². The molecule has 0 spiro atoms. The summed E-state index contributed by atoms with van der Waals surface area (Å²) in [5.41, 5.74) is 0.947. The number of carbonyl (C=O) groups excluding carboxylic acids is 1. The van der Waals surface area contributed by atoms with E-state index in [-0.39, 0.29) is 6.61 Å². The van der Waals surface area contributed by atoms with E-state index in [0.29, 0.717) is 6.42 Å². The highest BCUT2D eigenvalue weighted by molar-refractivity contribution is 5.69. The zero-order valence-corrected chi connectivity index (χ0v) is 7.03. The quantitative estimate of drug-likeness (QED) is 0.606. The minimum atomic E-state index is -1.03. The van der Waals surface area contributed by atoms with Crippen LogP contribution in [0.15, 0.2) is 24.3 Å². The van der Waals surface area contributed by atoms with Gasteiger partial charge in [0.15, 0.2) is 0 Å². The Hall–Kier alpha value is -1.51. The van der Waals surface area contributed by atoms with Crippen LogP contribution < -0.4 is 9.84 Å². The van der Waals surface area contributed by atoms with Crippen LogP contribution in [0.25, 0.3) is 0 Å². The van der Waals surface area contributed by atoms with Crippen LogP contribution in [0.2, 0.25) is 0 Å². The van der Waals surface area contributed by atoms with Crippen molar-refractivity contribution < 1.29 is 14.6 Å². The summed E-state index contributed by atoms with van der Waals surface area (Å²) in [6.45, 7) is 0.222. The fourth-order valence-corrected chi connectivity index (χ4v) is 1.48. The molecule has 1 aromatic rings. The number of benzene rings is 1. The van der Waals surface area contributed by atoms with Crippen molar-refractivity contribution >= 4 is 5.97 Å². The Labute approximate surface area is 76.0 Å². The van der Waals surface area contributed by atoms with Gasteiger partial charge < -0.3 is 14.6 Å². The molecular formula is C10H9O3-. The molecule has 68 valence electrons. The van der Waals surface area contributed by atoms with Crippen LogP contribution in [-0.2, 0) is 11.2 Å². The maximum Gasteiger partial charge on any atom is 0.122 e. The summed E-state index contributed by atoms with van der Waals surface area (Å²) in [4.78, 5) is 10.6. The van der Waals surface area contributed by atoms with Crippen LogP contribution in [0, 0.1) is 5.92 Å². The molecule has 1 heterocycles. The van der Waals surface area contributed by atoms with Gasteiger partial charge in [0.2, 0.25) is 0 Å². The van der Waals surface area contributed by atoms with Gasteiger partial charge in [0.1, 0.15) is 5.75 Å². The summed E-state index contributed by atoms with van der Waals surface area (Å²) >= 11 is 0. The van der Waals surface area contributed by atoms with Crippen molar-refractivity contribution in [3.63, 3.8) is 0 Å². The molecule has 2 rings (SSSR count). The van der Waals surface area contributed by atoms with Crippen LogP contribution in [0.1, 0.15) is 5.56 Å². The average molecular weight is 177 g/mol. The molecule has 0 saturated carbocycles. The SMILES string of the molecule is O=C([O-])[C@H]1COc2ccccc2C1. The van der Waals surface area contributed by atoms with E-state index in [1.807, 2.05) is 24.3 Å². The molecule has 0 radical (unpaired) electrons. The maximum atomic E-state index is 10.6. The van der Waals surface area contributed by atoms with Crippen molar-refractivity contribution in [2.24, 2.45) is 5.92 Å². The molecule has 3 heteroatoms. The molecule has 1 aliphatic rings. The molecule has 1 aromatic carbocycles. The first-order valence-corrected chi connectivity index (χ1v) is 4.19. The van der Waals surface area contributed by atoms with Crippen molar-refractivity contribution in [3.05, 3.63) is 29.8 Å². The van der Waals surface area contributed by atoms with Crippen molar-refractivity contribution in [1.82, 2.24) is 0 Å². The molecule has 0 unspecified atom stereocenters. The van der Waals surface area contributed by atoms with Crippen molar-refractivity contribution in [3.8, 4) is 5.75 Å². The van der Waals surface area contributed by atoms with E-state index in [0.717, 1.165) is 11.3 Å². The van der Waals surface area contributed by atoms with Gasteiger partial charge in [0.25, 0.3) is 0 Å². The Morgan fingerprint density at radius 1 is 1.46 bits per heavy atom. The summed E-state index contributed by atoms with van der Waals surface area (Å²) in [7, 11) is 0. The number of para-hydroxylation sites is 1. The summed E-state index contributed by atoms with van der Waals surface area (Å²) in [6, 6.07) is 7.48. The van der Waals surface area contributed by atoms with Gasteiger partial charge in [-0.25, -0.2) is 0 Å².